The number of amides is 2. The van der Waals surface area contributed by atoms with Crippen LogP contribution in [0.25, 0.3) is 0 Å². The van der Waals surface area contributed by atoms with Crippen molar-refractivity contribution in [2.75, 3.05) is 10.6 Å². The molecule has 126 valence electrons. The largest absolute Gasteiger partial charge is 0.363 e. The molecular weight excluding hydrogens is 302 g/mol. The van der Waals surface area contributed by atoms with Gasteiger partial charge in [0.1, 0.15) is 11.6 Å². The van der Waals surface area contributed by atoms with Gasteiger partial charge in [-0.1, -0.05) is 12.1 Å². The first-order chi connectivity index (χ1) is 11.5. The standard InChI is InChI=1S/C18H23N5O/c1-11-10-17(21-13(3)19-11)20-12(2)14-4-6-15(7-5-14)22-18(24)23-16-8-9-16/h4-7,10,12,16H,8-9H2,1-3H3,(H,19,20,21)(H2,22,23,24). The number of anilines is 2. The van der Waals surface area contributed by atoms with E-state index in [1.54, 1.807) is 0 Å². The van der Waals surface area contributed by atoms with Crippen LogP contribution >= 0.6 is 0 Å². The molecule has 1 aromatic carbocycles. The van der Waals surface area contributed by atoms with Gasteiger partial charge in [0, 0.05) is 29.5 Å². The number of hydrogen-bond acceptors (Lipinski definition) is 4. The lowest BCUT2D eigenvalue weighted by molar-refractivity contribution is 0.251. The number of aryl methyl sites for hydroxylation is 2. The number of benzene rings is 1. The average molecular weight is 325 g/mol. The molecule has 2 amide bonds. The van der Waals surface area contributed by atoms with E-state index in [0.717, 1.165) is 41.4 Å². The van der Waals surface area contributed by atoms with Gasteiger partial charge >= 0.3 is 6.03 Å². The Hall–Kier alpha value is -2.63. The van der Waals surface area contributed by atoms with Crippen molar-refractivity contribution in [2.45, 2.75) is 45.7 Å². The number of carbonyl (C=O) groups excluding carboxylic acids is 1. The van der Waals surface area contributed by atoms with Crippen LogP contribution in [0.4, 0.5) is 16.3 Å². The highest BCUT2D eigenvalue weighted by Gasteiger charge is 2.23. The molecule has 1 atom stereocenters. The van der Waals surface area contributed by atoms with Gasteiger partial charge in [0.2, 0.25) is 0 Å². The predicted octanol–water partition coefficient (Wildman–Crippen LogP) is 3.55. The van der Waals surface area contributed by atoms with E-state index in [1.165, 1.54) is 0 Å². The van der Waals surface area contributed by atoms with Crippen LogP contribution in [-0.4, -0.2) is 22.0 Å². The Bertz CT molecular complexity index is 704. The van der Waals surface area contributed by atoms with Crippen molar-refractivity contribution in [2.24, 2.45) is 0 Å². The average Bonchev–Trinajstić information content (AvgIpc) is 3.30. The smallest absolute Gasteiger partial charge is 0.319 e. The highest BCUT2D eigenvalue weighted by atomic mass is 16.2. The molecule has 1 unspecified atom stereocenters. The molecule has 1 aliphatic rings. The van der Waals surface area contributed by atoms with Gasteiger partial charge in [-0.05, 0) is 51.3 Å². The summed E-state index contributed by atoms with van der Waals surface area (Å²) in [6.07, 6.45) is 2.16. The van der Waals surface area contributed by atoms with E-state index < -0.39 is 0 Å². The Labute approximate surface area is 142 Å². The van der Waals surface area contributed by atoms with Crippen molar-refractivity contribution in [1.82, 2.24) is 15.3 Å². The Kier molecular flexibility index (Phi) is 4.64. The predicted molar refractivity (Wildman–Crippen MR) is 95.2 cm³/mol. The van der Waals surface area contributed by atoms with Crippen LogP contribution in [0.2, 0.25) is 0 Å². The van der Waals surface area contributed by atoms with Crippen molar-refractivity contribution < 1.29 is 4.79 Å². The van der Waals surface area contributed by atoms with Crippen LogP contribution in [-0.2, 0) is 0 Å². The maximum atomic E-state index is 11.7. The van der Waals surface area contributed by atoms with E-state index in [4.69, 9.17) is 0 Å². The van der Waals surface area contributed by atoms with Gasteiger partial charge in [-0.25, -0.2) is 14.8 Å². The molecule has 0 radical (unpaired) electrons. The maximum absolute atomic E-state index is 11.7. The molecule has 1 fully saturated rings. The summed E-state index contributed by atoms with van der Waals surface area (Å²) in [4.78, 5) is 20.4. The number of rotatable bonds is 5. The summed E-state index contributed by atoms with van der Waals surface area (Å²) in [7, 11) is 0. The third kappa shape index (κ3) is 4.44. The minimum absolute atomic E-state index is 0.105. The summed E-state index contributed by atoms with van der Waals surface area (Å²) < 4.78 is 0. The molecule has 0 bridgehead atoms. The minimum Gasteiger partial charge on any atom is -0.363 e. The molecular formula is C18H23N5O. The molecule has 6 nitrogen and oxygen atoms in total. The molecule has 1 heterocycles. The molecule has 24 heavy (non-hydrogen) atoms. The van der Waals surface area contributed by atoms with Gasteiger partial charge in [0.25, 0.3) is 0 Å². The van der Waals surface area contributed by atoms with Gasteiger partial charge in [-0.3, -0.25) is 0 Å². The Morgan fingerprint density at radius 1 is 1.17 bits per heavy atom. The molecule has 2 aromatic rings. The number of nitrogens with zero attached hydrogens (tertiary/aromatic N) is 2. The molecule has 0 spiro atoms. The first kappa shape index (κ1) is 16.2. The van der Waals surface area contributed by atoms with E-state index >= 15 is 0 Å². The third-order valence-corrected chi connectivity index (χ3v) is 3.91. The summed E-state index contributed by atoms with van der Waals surface area (Å²) in [5.74, 6) is 1.57. The quantitative estimate of drug-likeness (QED) is 0.785. The normalized spacial score (nSPS) is 14.8. The third-order valence-electron chi connectivity index (χ3n) is 3.91. The molecule has 0 saturated heterocycles. The molecule has 3 N–H and O–H groups in total. The van der Waals surface area contributed by atoms with Crippen molar-refractivity contribution in [3.63, 3.8) is 0 Å². The lowest BCUT2D eigenvalue weighted by atomic mass is 10.1. The lowest BCUT2D eigenvalue weighted by Gasteiger charge is -2.16. The SMILES string of the molecule is Cc1cc(NC(C)c2ccc(NC(=O)NC3CC3)cc2)nc(C)n1. The van der Waals surface area contributed by atoms with Gasteiger partial charge in [0.05, 0.1) is 0 Å². The van der Waals surface area contributed by atoms with Crippen molar-refractivity contribution >= 4 is 17.5 Å². The second kappa shape index (κ2) is 6.86. The van der Waals surface area contributed by atoms with Crippen molar-refractivity contribution in [3.05, 3.63) is 47.4 Å². The van der Waals surface area contributed by atoms with E-state index in [-0.39, 0.29) is 12.1 Å². The lowest BCUT2D eigenvalue weighted by Crippen LogP contribution is -2.30. The highest BCUT2D eigenvalue weighted by Crippen LogP contribution is 2.21. The molecule has 0 aliphatic heterocycles. The summed E-state index contributed by atoms with van der Waals surface area (Å²) in [5.41, 5.74) is 2.85. The fourth-order valence-corrected chi connectivity index (χ4v) is 2.53. The minimum atomic E-state index is -0.136. The number of nitrogens with one attached hydrogen (secondary N) is 3. The monoisotopic (exact) mass is 325 g/mol. The van der Waals surface area contributed by atoms with Crippen molar-refractivity contribution in [3.8, 4) is 0 Å². The first-order valence-corrected chi connectivity index (χ1v) is 8.26. The number of carbonyl (C=O) groups is 1. The maximum Gasteiger partial charge on any atom is 0.319 e. The molecule has 1 aromatic heterocycles. The zero-order valence-corrected chi connectivity index (χ0v) is 14.3. The van der Waals surface area contributed by atoms with Gasteiger partial charge in [0.15, 0.2) is 0 Å². The van der Waals surface area contributed by atoms with Crippen LogP contribution in [0.5, 0.6) is 0 Å². The van der Waals surface area contributed by atoms with Crippen LogP contribution in [0.15, 0.2) is 30.3 Å². The van der Waals surface area contributed by atoms with Crippen LogP contribution in [0.1, 0.15) is 42.9 Å². The fraction of sp³-hybridized carbons (Fsp3) is 0.389. The number of urea groups is 1. The topological polar surface area (TPSA) is 78.9 Å². The number of aromatic nitrogens is 2. The Balaban J connectivity index is 1.60. The fourth-order valence-electron chi connectivity index (χ4n) is 2.53. The summed E-state index contributed by atoms with van der Waals surface area (Å²) in [6, 6.07) is 10.1. The summed E-state index contributed by atoms with van der Waals surface area (Å²) >= 11 is 0. The second-order valence-electron chi connectivity index (χ2n) is 6.30. The van der Waals surface area contributed by atoms with Crippen LogP contribution in [0.3, 0.4) is 0 Å². The zero-order chi connectivity index (χ0) is 17.1. The Morgan fingerprint density at radius 3 is 2.50 bits per heavy atom. The van der Waals surface area contributed by atoms with Gasteiger partial charge < -0.3 is 16.0 Å². The van der Waals surface area contributed by atoms with Gasteiger partial charge in [-0.15, -0.1) is 0 Å². The summed E-state index contributed by atoms with van der Waals surface area (Å²) in [5, 5.41) is 9.14. The van der Waals surface area contributed by atoms with E-state index in [9.17, 15) is 4.79 Å². The van der Waals surface area contributed by atoms with E-state index in [1.807, 2.05) is 44.2 Å². The van der Waals surface area contributed by atoms with Crippen molar-refractivity contribution in [1.29, 1.82) is 0 Å². The first-order valence-electron chi connectivity index (χ1n) is 8.26. The second-order valence-corrected chi connectivity index (χ2v) is 6.30. The molecule has 1 aliphatic carbocycles. The zero-order valence-electron chi connectivity index (χ0n) is 14.3. The molecule has 6 heteroatoms. The van der Waals surface area contributed by atoms with E-state index in [2.05, 4.69) is 32.8 Å². The van der Waals surface area contributed by atoms with Gasteiger partial charge in [-0.2, -0.15) is 0 Å². The van der Waals surface area contributed by atoms with E-state index in [0.29, 0.717) is 6.04 Å². The Morgan fingerprint density at radius 2 is 1.88 bits per heavy atom. The highest BCUT2D eigenvalue weighted by molar-refractivity contribution is 5.89. The van der Waals surface area contributed by atoms with Crippen LogP contribution < -0.4 is 16.0 Å². The molecule has 1 saturated carbocycles. The van der Waals surface area contributed by atoms with Crippen LogP contribution in [0, 0.1) is 13.8 Å². The number of hydrogen-bond donors (Lipinski definition) is 3. The summed E-state index contributed by atoms with van der Waals surface area (Å²) in [6.45, 7) is 5.92. The molecule has 3 rings (SSSR count).